The van der Waals surface area contributed by atoms with Crippen molar-refractivity contribution in [2.45, 2.75) is 45.5 Å². The van der Waals surface area contributed by atoms with Gasteiger partial charge in [-0.2, -0.15) is 0 Å². The summed E-state index contributed by atoms with van der Waals surface area (Å²) in [5, 5.41) is 0.723. The maximum absolute atomic E-state index is 6.42. The average molecular weight is 431 g/mol. The molecule has 1 aliphatic heterocycles. The molecule has 1 unspecified atom stereocenters. The lowest BCUT2D eigenvalue weighted by atomic mass is 10.1. The van der Waals surface area contributed by atoms with Crippen LogP contribution in [0.15, 0.2) is 53.5 Å². The van der Waals surface area contributed by atoms with E-state index in [1.54, 1.807) is 0 Å². The number of para-hydroxylation sites is 1. The SMILES string of the molecule is CCCCN=C1N[N+](COCC[Si](C)(C)C)(c2ccccc2)c2cc(Cl)ccc21. The van der Waals surface area contributed by atoms with Crippen molar-refractivity contribution in [2.24, 2.45) is 4.99 Å². The second-order valence-electron chi connectivity index (χ2n) is 8.85. The highest BCUT2D eigenvalue weighted by Crippen LogP contribution is 2.41. The third-order valence-corrected chi connectivity index (χ3v) is 7.12. The van der Waals surface area contributed by atoms with Crippen LogP contribution in [0.4, 0.5) is 11.4 Å². The number of fused-ring (bicyclic) bond motifs is 1. The number of ether oxygens (including phenoxy) is 1. The fourth-order valence-corrected chi connectivity index (χ4v) is 4.36. The van der Waals surface area contributed by atoms with E-state index in [4.69, 9.17) is 21.3 Å². The van der Waals surface area contributed by atoms with Gasteiger partial charge in [0.1, 0.15) is 0 Å². The highest BCUT2D eigenvalue weighted by Gasteiger charge is 2.45. The zero-order valence-electron chi connectivity index (χ0n) is 18.0. The predicted octanol–water partition coefficient (Wildman–Crippen LogP) is 6.36. The molecule has 0 aliphatic carbocycles. The number of unbranched alkanes of at least 4 members (excludes halogenated alkanes) is 1. The lowest BCUT2D eigenvalue weighted by molar-refractivity contribution is 0.0586. The van der Waals surface area contributed by atoms with Gasteiger partial charge in [-0.05, 0) is 24.6 Å². The largest absolute Gasteiger partial charge is 0.329 e. The molecular formula is C23H33ClN3OSi+. The van der Waals surface area contributed by atoms with Crippen molar-refractivity contribution in [1.29, 1.82) is 0 Å². The number of benzene rings is 2. The number of hydrogen-bond donors (Lipinski definition) is 1. The van der Waals surface area contributed by atoms with E-state index < -0.39 is 8.07 Å². The molecule has 1 aliphatic rings. The number of halogens is 1. The van der Waals surface area contributed by atoms with Crippen molar-refractivity contribution >= 4 is 36.9 Å². The first-order chi connectivity index (χ1) is 13.9. The Hall–Kier alpha value is -1.66. The maximum Gasteiger partial charge on any atom is 0.215 e. The van der Waals surface area contributed by atoms with Crippen LogP contribution in [-0.4, -0.2) is 33.8 Å². The Morgan fingerprint density at radius 3 is 2.55 bits per heavy atom. The van der Waals surface area contributed by atoms with Gasteiger partial charge in [0.15, 0.2) is 17.2 Å². The summed E-state index contributed by atoms with van der Waals surface area (Å²) in [6.07, 6.45) is 2.20. The van der Waals surface area contributed by atoms with Gasteiger partial charge in [0, 0.05) is 37.8 Å². The monoisotopic (exact) mass is 430 g/mol. The van der Waals surface area contributed by atoms with Crippen molar-refractivity contribution in [2.75, 3.05) is 19.9 Å². The summed E-state index contributed by atoms with van der Waals surface area (Å²) in [5.74, 6) is 0.919. The van der Waals surface area contributed by atoms with Gasteiger partial charge in [-0.15, -0.1) is 4.59 Å². The molecule has 0 aromatic heterocycles. The van der Waals surface area contributed by atoms with Crippen LogP contribution in [-0.2, 0) is 4.74 Å². The molecule has 1 N–H and O–H groups in total. The predicted molar refractivity (Wildman–Crippen MR) is 128 cm³/mol. The van der Waals surface area contributed by atoms with Crippen LogP contribution in [0.2, 0.25) is 30.7 Å². The molecule has 2 aromatic carbocycles. The van der Waals surface area contributed by atoms with E-state index in [1.165, 1.54) is 0 Å². The van der Waals surface area contributed by atoms with E-state index in [9.17, 15) is 0 Å². The van der Waals surface area contributed by atoms with Gasteiger partial charge in [0.2, 0.25) is 6.73 Å². The van der Waals surface area contributed by atoms with Crippen LogP contribution in [0, 0.1) is 0 Å². The minimum Gasteiger partial charge on any atom is -0.329 e. The van der Waals surface area contributed by atoms with E-state index in [0.29, 0.717) is 11.3 Å². The molecule has 0 spiro atoms. The summed E-state index contributed by atoms with van der Waals surface area (Å²) in [6, 6.07) is 17.6. The van der Waals surface area contributed by atoms with E-state index >= 15 is 0 Å². The molecule has 0 radical (unpaired) electrons. The van der Waals surface area contributed by atoms with Gasteiger partial charge in [-0.1, -0.05) is 62.8 Å². The molecule has 0 saturated carbocycles. The fraction of sp³-hybridized carbons (Fsp3) is 0.435. The Labute approximate surface area is 181 Å². The van der Waals surface area contributed by atoms with Gasteiger partial charge < -0.3 is 4.74 Å². The van der Waals surface area contributed by atoms with E-state index in [1.807, 2.05) is 18.2 Å². The number of hydrogen-bond acceptors (Lipinski definition) is 2. The minimum absolute atomic E-state index is 0.382. The number of nitrogens with zero attached hydrogens (tertiary/aromatic N) is 2. The van der Waals surface area contributed by atoms with Crippen LogP contribution in [0.25, 0.3) is 0 Å². The zero-order chi connectivity index (χ0) is 20.9. The highest BCUT2D eigenvalue weighted by molar-refractivity contribution is 6.76. The van der Waals surface area contributed by atoms with Crippen LogP contribution in [0.5, 0.6) is 0 Å². The Bertz CT molecular complexity index is 851. The summed E-state index contributed by atoms with van der Waals surface area (Å²) in [4.78, 5) is 4.87. The second kappa shape index (κ2) is 9.43. The summed E-state index contributed by atoms with van der Waals surface area (Å²) in [5.41, 5.74) is 6.99. The van der Waals surface area contributed by atoms with Gasteiger partial charge in [0.25, 0.3) is 0 Å². The van der Waals surface area contributed by atoms with E-state index in [-0.39, 0.29) is 0 Å². The Morgan fingerprint density at radius 1 is 1.10 bits per heavy atom. The zero-order valence-corrected chi connectivity index (χ0v) is 19.8. The third-order valence-electron chi connectivity index (χ3n) is 5.18. The van der Waals surface area contributed by atoms with Crippen LogP contribution in [0.3, 0.4) is 0 Å². The third kappa shape index (κ3) is 5.28. The number of quaternary nitrogens is 1. The molecule has 2 aromatic rings. The molecule has 6 heteroatoms. The summed E-state index contributed by atoms with van der Waals surface area (Å²) in [6.45, 7) is 11.4. The smallest absolute Gasteiger partial charge is 0.215 e. The minimum atomic E-state index is -1.15. The molecule has 156 valence electrons. The van der Waals surface area contributed by atoms with Crippen molar-refractivity contribution in [1.82, 2.24) is 10.0 Å². The molecule has 0 saturated heterocycles. The summed E-state index contributed by atoms with van der Waals surface area (Å²) in [7, 11) is -1.15. The summed E-state index contributed by atoms with van der Waals surface area (Å²) >= 11 is 6.42. The van der Waals surface area contributed by atoms with Crippen LogP contribution in [0.1, 0.15) is 25.3 Å². The van der Waals surface area contributed by atoms with Gasteiger partial charge in [0.05, 0.1) is 12.2 Å². The highest BCUT2D eigenvalue weighted by atomic mass is 35.5. The first-order valence-electron chi connectivity index (χ1n) is 10.5. The Morgan fingerprint density at radius 2 is 1.86 bits per heavy atom. The second-order valence-corrected chi connectivity index (χ2v) is 14.9. The number of amidine groups is 1. The van der Waals surface area contributed by atoms with Gasteiger partial charge in [-0.3, -0.25) is 4.99 Å². The number of nitrogens with one attached hydrogen (secondary N) is 1. The van der Waals surface area contributed by atoms with Crippen molar-refractivity contribution < 1.29 is 4.74 Å². The lowest BCUT2D eigenvalue weighted by Crippen LogP contribution is -2.55. The van der Waals surface area contributed by atoms with Crippen molar-refractivity contribution in [3.05, 3.63) is 59.1 Å². The van der Waals surface area contributed by atoms with E-state index in [2.05, 4.69) is 62.3 Å². The van der Waals surface area contributed by atoms with Crippen LogP contribution < -0.4 is 10.0 Å². The van der Waals surface area contributed by atoms with Crippen molar-refractivity contribution in [3.8, 4) is 0 Å². The molecule has 1 atom stereocenters. The van der Waals surface area contributed by atoms with Gasteiger partial charge >= 0.3 is 0 Å². The molecule has 3 rings (SSSR count). The summed E-state index contributed by atoms with van der Waals surface area (Å²) < 4.78 is 6.65. The number of aliphatic imine (C=N–C) groups is 1. The van der Waals surface area contributed by atoms with Gasteiger partial charge in [-0.25, -0.2) is 5.43 Å². The van der Waals surface area contributed by atoms with Crippen LogP contribution >= 0.6 is 11.6 Å². The Balaban J connectivity index is 1.99. The standard InChI is InChI=1S/C23H33ClN3OSi/c1-5-6-14-25-23-21-13-12-19(24)17-22(21)27(26-23,20-10-8-7-9-11-20)18-28-15-16-29(2,3)4/h7-13,17H,5-6,14-16,18H2,1-4H3,(H,25,26)/q+1. The first-order valence-corrected chi connectivity index (χ1v) is 14.6. The molecular weight excluding hydrogens is 398 g/mol. The number of rotatable bonds is 9. The maximum atomic E-state index is 6.42. The van der Waals surface area contributed by atoms with Crippen molar-refractivity contribution in [3.63, 3.8) is 0 Å². The molecule has 4 nitrogen and oxygen atoms in total. The topological polar surface area (TPSA) is 33.6 Å². The first kappa shape index (κ1) is 22.0. The molecule has 29 heavy (non-hydrogen) atoms. The lowest BCUT2D eigenvalue weighted by Gasteiger charge is -2.32. The molecule has 0 bridgehead atoms. The van der Waals surface area contributed by atoms with E-state index in [0.717, 1.165) is 59.8 Å². The average Bonchev–Trinajstić information content (AvgIpc) is 2.99. The molecule has 1 heterocycles. The molecule has 0 fully saturated rings. The Kier molecular flexibility index (Phi) is 7.17. The molecule has 0 amide bonds. The fourth-order valence-electron chi connectivity index (χ4n) is 3.43. The normalized spacial score (nSPS) is 20.0. The quantitative estimate of drug-likeness (QED) is 0.285.